The molecule has 1 saturated heterocycles. The minimum Gasteiger partial charge on any atom is -0.462 e. The van der Waals surface area contributed by atoms with Gasteiger partial charge in [-0.1, -0.05) is 6.07 Å². The number of ether oxygens (including phenoxy) is 2. The molecule has 1 fully saturated rings. The minimum atomic E-state index is -0.376. The first-order valence-electron chi connectivity index (χ1n) is 6.89. The molecule has 0 aliphatic carbocycles. The average molecular weight is 278 g/mol. The van der Waals surface area contributed by atoms with Gasteiger partial charge in [-0.2, -0.15) is 0 Å². The molecule has 5 heteroatoms. The van der Waals surface area contributed by atoms with Gasteiger partial charge >= 0.3 is 5.97 Å². The molecule has 5 nitrogen and oxygen atoms in total. The Labute approximate surface area is 119 Å². The third kappa shape index (κ3) is 3.04. The first-order chi connectivity index (χ1) is 9.44. The van der Waals surface area contributed by atoms with E-state index in [4.69, 9.17) is 15.2 Å². The number of hydrogen-bond donors (Lipinski definition) is 1. The van der Waals surface area contributed by atoms with Gasteiger partial charge in [-0.05, 0) is 32.9 Å². The molecule has 0 atom stereocenters. The molecule has 0 bridgehead atoms. The van der Waals surface area contributed by atoms with Crippen LogP contribution in [0.1, 0.15) is 31.1 Å². The van der Waals surface area contributed by atoms with Crippen molar-refractivity contribution in [3.8, 4) is 0 Å². The summed E-state index contributed by atoms with van der Waals surface area (Å²) in [6, 6.07) is 5.46. The second-order valence-corrected chi connectivity index (χ2v) is 5.49. The second kappa shape index (κ2) is 5.71. The lowest BCUT2D eigenvalue weighted by atomic mass is 10.0. The van der Waals surface area contributed by atoms with Crippen LogP contribution in [0, 0.1) is 0 Å². The minimum absolute atomic E-state index is 0.218. The van der Waals surface area contributed by atoms with E-state index in [9.17, 15) is 4.79 Å². The summed E-state index contributed by atoms with van der Waals surface area (Å²) in [5, 5.41) is 0. The van der Waals surface area contributed by atoms with Crippen LogP contribution in [0.2, 0.25) is 0 Å². The zero-order valence-electron chi connectivity index (χ0n) is 12.3. The number of carbonyl (C=O) groups excluding carboxylic acids is 1. The largest absolute Gasteiger partial charge is 0.462 e. The Bertz CT molecular complexity index is 500. The van der Waals surface area contributed by atoms with Gasteiger partial charge < -0.3 is 20.1 Å². The van der Waals surface area contributed by atoms with Crippen LogP contribution in [0.3, 0.4) is 0 Å². The number of benzene rings is 1. The Morgan fingerprint density at radius 1 is 1.50 bits per heavy atom. The van der Waals surface area contributed by atoms with Crippen molar-refractivity contribution in [1.29, 1.82) is 0 Å². The molecule has 0 amide bonds. The summed E-state index contributed by atoms with van der Waals surface area (Å²) < 4.78 is 10.7. The first-order valence-corrected chi connectivity index (χ1v) is 6.89. The van der Waals surface area contributed by atoms with Gasteiger partial charge in [-0.25, -0.2) is 4.79 Å². The lowest BCUT2D eigenvalue weighted by Crippen LogP contribution is -2.48. The van der Waals surface area contributed by atoms with E-state index >= 15 is 0 Å². The fourth-order valence-electron chi connectivity index (χ4n) is 2.44. The van der Waals surface area contributed by atoms with Crippen LogP contribution in [-0.4, -0.2) is 37.9 Å². The van der Waals surface area contributed by atoms with E-state index in [0.29, 0.717) is 24.5 Å². The molecule has 2 N–H and O–H groups in total. The van der Waals surface area contributed by atoms with Crippen LogP contribution in [0.5, 0.6) is 0 Å². The molecule has 0 saturated carbocycles. The number of anilines is 2. The molecule has 0 spiro atoms. The van der Waals surface area contributed by atoms with Gasteiger partial charge in [0.1, 0.15) is 0 Å². The van der Waals surface area contributed by atoms with Crippen LogP contribution < -0.4 is 10.6 Å². The van der Waals surface area contributed by atoms with Crippen molar-refractivity contribution in [2.45, 2.75) is 26.4 Å². The van der Waals surface area contributed by atoms with Gasteiger partial charge in [0.15, 0.2) is 0 Å². The van der Waals surface area contributed by atoms with Crippen LogP contribution in [0.25, 0.3) is 0 Å². The smallest absolute Gasteiger partial charge is 0.340 e. The normalized spacial score (nSPS) is 17.9. The van der Waals surface area contributed by atoms with Crippen molar-refractivity contribution in [2.24, 2.45) is 0 Å². The first kappa shape index (κ1) is 14.7. The summed E-state index contributed by atoms with van der Waals surface area (Å²) in [6.45, 7) is 8.37. The zero-order valence-corrected chi connectivity index (χ0v) is 12.3. The maximum absolute atomic E-state index is 11.9. The number of nitrogen functional groups attached to an aromatic ring is 1. The summed E-state index contributed by atoms with van der Waals surface area (Å²) in [5.41, 5.74) is 7.70. The molecule has 2 rings (SSSR count). The summed E-state index contributed by atoms with van der Waals surface area (Å²) in [4.78, 5) is 14.0. The molecule has 1 heterocycles. The zero-order chi connectivity index (χ0) is 14.8. The highest BCUT2D eigenvalue weighted by Gasteiger charge is 2.29. The molecule has 1 aliphatic heterocycles. The predicted molar refractivity (Wildman–Crippen MR) is 79.1 cm³/mol. The maximum Gasteiger partial charge on any atom is 0.340 e. The average Bonchev–Trinajstić information content (AvgIpc) is 2.38. The molecular formula is C15H22N2O3. The van der Waals surface area contributed by atoms with Crippen LogP contribution >= 0.6 is 0 Å². The van der Waals surface area contributed by atoms with E-state index in [1.165, 1.54) is 0 Å². The number of nitrogens with zero attached hydrogens (tertiary/aromatic N) is 1. The van der Waals surface area contributed by atoms with Crippen molar-refractivity contribution in [3.05, 3.63) is 23.8 Å². The standard InChI is InChI=1S/C15H22N2O3/c1-4-19-14(18)11-6-5-7-12(13(11)16)17-8-9-20-15(2,3)10-17/h5-7H,4,8-10,16H2,1-3H3. The van der Waals surface area contributed by atoms with E-state index < -0.39 is 0 Å². The van der Waals surface area contributed by atoms with E-state index in [0.717, 1.165) is 18.8 Å². The lowest BCUT2D eigenvalue weighted by Gasteiger charge is -2.40. The summed E-state index contributed by atoms with van der Waals surface area (Å²) >= 11 is 0. The van der Waals surface area contributed by atoms with Gasteiger partial charge in [0.2, 0.25) is 0 Å². The molecule has 0 aromatic heterocycles. The Kier molecular flexibility index (Phi) is 4.18. The van der Waals surface area contributed by atoms with Gasteiger partial charge in [-0.15, -0.1) is 0 Å². The number of nitrogens with two attached hydrogens (primary N) is 1. The van der Waals surface area contributed by atoms with Crippen LogP contribution in [0.15, 0.2) is 18.2 Å². The Hall–Kier alpha value is -1.75. The van der Waals surface area contributed by atoms with Crippen LogP contribution in [0.4, 0.5) is 11.4 Å². The summed E-state index contributed by atoms with van der Waals surface area (Å²) in [5.74, 6) is -0.376. The number of hydrogen-bond acceptors (Lipinski definition) is 5. The molecule has 20 heavy (non-hydrogen) atoms. The molecule has 1 aliphatic rings. The Morgan fingerprint density at radius 3 is 2.90 bits per heavy atom. The monoisotopic (exact) mass is 278 g/mol. The fourth-order valence-corrected chi connectivity index (χ4v) is 2.44. The number of para-hydroxylation sites is 1. The fraction of sp³-hybridized carbons (Fsp3) is 0.533. The van der Waals surface area contributed by atoms with Gasteiger partial charge in [-0.3, -0.25) is 0 Å². The van der Waals surface area contributed by atoms with E-state index in [-0.39, 0.29) is 11.6 Å². The van der Waals surface area contributed by atoms with E-state index in [2.05, 4.69) is 4.90 Å². The predicted octanol–water partition coefficient (Wildman–Crippen LogP) is 2.06. The third-order valence-corrected chi connectivity index (χ3v) is 3.34. The second-order valence-electron chi connectivity index (χ2n) is 5.49. The number of morpholine rings is 1. The summed E-state index contributed by atoms with van der Waals surface area (Å²) in [7, 11) is 0. The van der Waals surface area contributed by atoms with Crippen molar-refractivity contribution in [1.82, 2.24) is 0 Å². The highest BCUT2D eigenvalue weighted by atomic mass is 16.5. The SMILES string of the molecule is CCOC(=O)c1cccc(N2CCOC(C)(C)C2)c1N. The van der Waals surface area contributed by atoms with Crippen molar-refractivity contribution < 1.29 is 14.3 Å². The van der Waals surface area contributed by atoms with Crippen LogP contribution in [-0.2, 0) is 9.47 Å². The molecule has 1 aromatic carbocycles. The lowest BCUT2D eigenvalue weighted by molar-refractivity contribution is -0.0276. The number of esters is 1. The molecule has 1 aromatic rings. The van der Waals surface area contributed by atoms with E-state index in [1.54, 1.807) is 13.0 Å². The molecule has 110 valence electrons. The molecular weight excluding hydrogens is 256 g/mol. The third-order valence-electron chi connectivity index (χ3n) is 3.34. The highest BCUT2D eigenvalue weighted by molar-refractivity contribution is 5.98. The van der Waals surface area contributed by atoms with Crippen molar-refractivity contribution in [2.75, 3.05) is 36.9 Å². The summed E-state index contributed by atoms with van der Waals surface area (Å²) in [6.07, 6.45) is 0. The van der Waals surface area contributed by atoms with Crippen molar-refractivity contribution in [3.63, 3.8) is 0 Å². The van der Waals surface area contributed by atoms with Gasteiger partial charge in [0.05, 0.1) is 35.8 Å². The molecule has 0 radical (unpaired) electrons. The van der Waals surface area contributed by atoms with Gasteiger partial charge in [0, 0.05) is 13.1 Å². The topological polar surface area (TPSA) is 64.8 Å². The van der Waals surface area contributed by atoms with Crippen molar-refractivity contribution >= 4 is 17.3 Å². The van der Waals surface area contributed by atoms with E-state index in [1.807, 2.05) is 26.0 Å². The highest BCUT2D eigenvalue weighted by Crippen LogP contribution is 2.30. The number of rotatable bonds is 3. The maximum atomic E-state index is 11.9. The Balaban J connectivity index is 2.28. The quantitative estimate of drug-likeness (QED) is 0.677. The Morgan fingerprint density at radius 2 is 2.25 bits per heavy atom. The number of carbonyl (C=O) groups is 1. The molecule has 0 unspecified atom stereocenters. The van der Waals surface area contributed by atoms with Gasteiger partial charge in [0.25, 0.3) is 0 Å².